The second kappa shape index (κ2) is 8.12. The molecule has 0 bridgehead atoms. The molecule has 0 fully saturated rings. The Labute approximate surface area is 78.3 Å². The molecule has 0 unspecified atom stereocenters. The molecule has 0 aliphatic heterocycles. The largest absolute Gasteiger partial charge is 0.296 e. The monoisotopic (exact) mass is 193 g/mol. The minimum absolute atomic E-state index is 0.876. The van der Waals surface area contributed by atoms with E-state index in [0.29, 0.717) is 0 Å². The van der Waals surface area contributed by atoms with E-state index in [1.54, 1.807) is 0 Å². The molecule has 0 saturated heterocycles. The number of hydrogen-bond donors (Lipinski definition) is 0. The fourth-order valence-electron chi connectivity index (χ4n) is 0.711. The van der Waals surface area contributed by atoms with Gasteiger partial charge in [0.1, 0.15) is 0 Å². The van der Waals surface area contributed by atoms with Gasteiger partial charge < -0.3 is 0 Å². The highest BCUT2D eigenvalue weighted by Crippen LogP contribution is 1.91. The van der Waals surface area contributed by atoms with Crippen molar-refractivity contribution in [1.29, 1.82) is 0 Å². The van der Waals surface area contributed by atoms with Gasteiger partial charge in [-0.25, -0.2) is 0 Å². The normalized spacial score (nSPS) is 12.4. The molecule has 0 aromatic carbocycles. The third-order valence-electron chi connectivity index (χ3n) is 1.35. The van der Waals surface area contributed by atoms with E-state index in [-0.39, 0.29) is 0 Å². The lowest BCUT2D eigenvalue weighted by Gasteiger charge is -2.14. The number of hydrogen-bond acceptors (Lipinski definition) is 1. The van der Waals surface area contributed by atoms with Crippen molar-refractivity contribution in [3.05, 3.63) is 23.2 Å². The zero-order valence-corrected chi connectivity index (χ0v) is 8.15. The maximum Gasteiger partial charge on any atom is 0.0177 e. The van der Waals surface area contributed by atoms with Gasteiger partial charge in [0.05, 0.1) is 0 Å². The fraction of sp³-hybridized carbons (Fsp3) is 0.500. The zero-order valence-electron chi connectivity index (χ0n) is 6.63. The summed E-state index contributed by atoms with van der Waals surface area (Å²) >= 11 is 10.8. The minimum atomic E-state index is 0.876. The summed E-state index contributed by atoms with van der Waals surface area (Å²) in [4.78, 5) is 2.21. The van der Waals surface area contributed by atoms with Crippen molar-refractivity contribution in [2.24, 2.45) is 0 Å². The van der Waals surface area contributed by atoms with Crippen LogP contribution in [0.15, 0.2) is 23.2 Å². The van der Waals surface area contributed by atoms with E-state index >= 15 is 0 Å². The molecule has 0 saturated carbocycles. The molecule has 1 nitrogen and oxygen atoms in total. The van der Waals surface area contributed by atoms with Crippen molar-refractivity contribution in [1.82, 2.24) is 4.90 Å². The van der Waals surface area contributed by atoms with Crippen LogP contribution in [0.25, 0.3) is 0 Å². The first-order valence-electron chi connectivity index (χ1n) is 3.58. The van der Waals surface area contributed by atoms with Crippen molar-refractivity contribution < 1.29 is 0 Å². The average molecular weight is 194 g/mol. The molecule has 0 aliphatic carbocycles. The van der Waals surface area contributed by atoms with Crippen molar-refractivity contribution >= 4 is 23.2 Å². The van der Waals surface area contributed by atoms with E-state index in [9.17, 15) is 0 Å². The Kier molecular flexibility index (Phi) is 8.13. The molecule has 0 radical (unpaired) electrons. The Hall–Kier alpha value is 0.0200. The van der Waals surface area contributed by atoms with E-state index in [2.05, 4.69) is 11.8 Å². The van der Waals surface area contributed by atoms with Crippen LogP contribution in [0.4, 0.5) is 0 Å². The van der Waals surface area contributed by atoms with Gasteiger partial charge in [-0.05, 0) is 6.54 Å². The molecule has 0 spiro atoms. The van der Waals surface area contributed by atoms with Gasteiger partial charge in [-0.15, -0.1) is 0 Å². The Morgan fingerprint density at radius 1 is 1.09 bits per heavy atom. The van der Waals surface area contributed by atoms with E-state index < -0.39 is 0 Å². The second-order valence-electron chi connectivity index (χ2n) is 2.08. The summed E-state index contributed by atoms with van der Waals surface area (Å²) in [6.45, 7) is 4.86. The van der Waals surface area contributed by atoms with Crippen LogP contribution < -0.4 is 0 Å². The van der Waals surface area contributed by atoms with E-state index in [4.69, 9.17) is 23.2 Å². The van der Waals surface area contributed by atoms with Crippen LogP contribution in [0.5, 0.6) is 0 Å². The van der Waals surface area contributed by atoms with Gasteiger partial charge in [-0.3, -0.25) is 4.90 Å². The quantitative estimate of drug-likeness (QED) is 0.650. The summed E-state index contributed by atoms with van der Waals surface area (Å²) in [5.41, 5.74) is 3.07. The molecule has 0 aromatic heterocycles. The van der Waals surface area contributed by atoms with Gasteiger partial charge in [0.2, 0.25) is 0 Å². The lowest BCUT2D eigenvalue weighted by atomic mass is 10.4. The van der Waals surface area contributed by atoms with Crippen LogP contribution in [0.2, 0.25) is 0 Å². The second-order valence-corrected chi connectivity index (χ2v) is 2.58. The molecule has 0 rings (SSSR count). The van der Waals surface area contributed by atoms with E-state index in [1.165, 1.54) is 11.1 Å². The van der Waals surface area contributed by atoms with Crippen molar-refractivity contribution in [3.8, 4) is 0 Å². The van der Waals surface area contributed by atoms with Crippen LogP contribution in [0.3, 0.4) is 0 Å². The van der Waals surface area contributed by atoms with Crippen molar-refractivity contribution in [2.75, 3.05) is 19.6 Å². The molecule has 0 N–H and O–H groups in total. The number of rotatable bonds is 5. The highest BCUT2D eigenvalue weighted by atomic mass is 35.5. The lowest BCUT2D eigenvalue weighted by molar-refractivity contribution is 0.354. The standard InChI is InChI=1S/C8H13Cl2N/c1-2-11(7-3-5-9)8-4-6-10/h3-6H,2,7-8H2,1H3/b5-3+,6-4+. The van der Waals surface area contributed by atoms with E-state index in [0.717, 1.165) is 19.6 Å². The summed E-state index contributed by atoms with van der Waals surface area (Å²) in [5.74, 6) is 0. The summed E-state index contributed by atoms with van der Waals surface area (Å²) in [6.07, 6.45) is 3.82. The minimum Gasteiger partial charge on any atom is -0.296 e. The first-order valence-corrected chi connectivity index (χ1v) is 4.45. The molecular weight excluding hydrogens is 181 g/mol. The van der Waals surface area contributed by atoms with Gasteiger partial charge >= 0.3 is 0 Å². The smallest absolute Gasteiger partial charge is 0.0177 e. The van der Waals surface area contributed by atoms with Crippen molar-refractivity contribution in [3.63, 3.8) is 0 Å². The van der Waals surface area contributed by atoms with Crippen LogP contribution in [0, 0.1) is 0 Å². The van der Waals surface area contributed by atoms with E-state index in [1.807, 2.05) is 12.2 Å². The Bertz CT molecular complexity index is 118. The maximum atomic E-state index is 5.39. The Morgan fingerprint density at radius 3 is 1.82 bits per heavy atom. The maximum absolute atomic E-state index is 5.39. The van der Waals surface area contributed by atoms with Crippen LogP contribution >= 0.6 is 23.2 Å². The van der Waals surface area contributed by atoms with Gasteiger partial charge in [-0.1, -0.05) is 42.3 Å². The lowest BCUT2D eigenvalue weighted by Crippen LogP contribution is -2.23. The predicted molar refractivity (Wildman–Crippen MR) is 52.1 cm³/mol. The predicted octanol–water partition coefficient (Wildman–Crippen LogP) is 2.81. The number of halogens is 2. The topological polar surface area (TPSA) is 3.24 Å². The highest BCUT2D eigenvalue weighted by Gasteiger charge is 1.94. The molecule has 0 aromatic rings. The molecule has 0 amide bonds. The summed E-state index contributed by atoms with van der Waals surface area (Å²) < 4.78 is 0. The molecule has 64 valence electrons. The average Bonchev–Trinajstić information content (AvgIpc) is 2.05. The first kappa shape index (κ1) is 11.0. The third-order valence-corrected chi connectivity index (χ3v) is 1.71. The number of nitrogens with zero attached hydrogens (tertiary/aromatic N) is 1. The highest BCUT2D eigenvalue weighted by molar-refractivity contribution is 6.25. The number of likely N-dealkylation sites (N-methyl/N-ethyl adjacent to an activating group) is 1. The van der Waals surface area contributed by atoms with Crippen LogP contribution in [-0.4, -0.2) is 24.5 Å². The SMILES string of the molecule is CCN(C/C=C/Cl)C/C=C/Cl. The molecule has 0 atom stereocenters. The summed E-state index contributed by atoms with van der Waals surface area (Å²) in [6, 6.07) is 0. The van der Waals surface area contributed by atoms with Crippen LogP contribution in [-0.2, 0) is 0 Å². The molecule has 0 aliphatic rings. The summed E-state index contributed by atoms with van der Waals surface area (Å²) in [7, 11) is 0. The van der Waals surface area contributed by atoms with Crippen LogP contribution in [0.1, 0.15) is 6.92 Å². The summed E-state index contributed by atoms with van der Waals surface area (Å²) in [5, 5.41) is 0. The van der Waals surface area contributed by atoms with Gasteiger partial charge in [0.15, 0.2) is 0 Å². The Balaban J connectivity index is 3.57. The third kappa shape index (κ3) is 6.42. The molecule has 11 heavy (non-hydrogen) atoms. The van der Waals surface area contributed by atoms with Crippen molar-refractivity contribution in [2.45, 2.75) is 6.92 Å². The van der Waals surface area contributed by atoms with Gasteiger partial charge in [0.25, 0.3) is 0 Å². The Morgan fingerprint density at radius 2 is 1.55 bits per heavy atom. The first-order chi connectivity index (χ1) is 5.35. The fourth-order valence-corrected chi connectivity index (χ4v) is 0.870. The van der Waals surface area contributed by atoms with Gasteiger partial charge in [0, 0.05) is 24.2 Å². The molecular formula is C8H13Cl2N. The molecule has 0 heterocycles. The molecule has 3 heteroatoms. The van der Waals surface area contributed by atoms with Gasteiger partial charge in [-0.2, -0.15) is 0 Å². The zero-order chi connectivity index (χ0) is 8.53.